The molecule has 3 amide bonds. The van der Waals surface area contributed by atoms with Crippen molar-refractivity contribution < 1.29 is 24.2 Å². The van der Waals surface area contributed by atoms with Gasteiger partial charge in [0.05, 0.1) is 11.8 Å². The number of rotatable bonds is 7. The molecule has 2 atom stereocenters. The number of aliphatic carboxylic acids is 1. The summed E-state index contributed by atoms with van der Waals surface area (Å²) in [5.41, 5.74) is 0. The fourth-order valence-corrected chi connectivity index (χ4v) is 3.71. The van der Waals surface area contributed by atoms with Crippen LogP contribution < -0.4 is 10.6 Å². The molecule has 8 nitrogen and oxygen atoms in total. The quantitative estimate of drug-likeness (QED) is 0.614. The van der Waals surface area contributed by atoms with E-state index < -0.39 is 11.9 Å². The lowest BCUT2D eigenvalue weighted by Crippen LogP contribution is -2.50. The van der Waals surface area contributed by atoms with Crippen LogP contribution in [0.3, 0.4) is 0 Å². The number of piperidine rings is 1. The summed E-state index contributed by atoms with van der Waals surface area (Å²) in [4.78, 5) is 38.1. The first-order valence-electron chi connectivity index (χ1n) is 9.99. The van der Waals surface area contributed by atoms with E-state index in [1.54, 1.807) is 4.90 Å². The van der Waals surface area contributed by atoms with Gasteiger partial charge in [0.15, 0.2) is 0 Å². The fourth-order valence-electron chi connectivity index (χ4n) is 3.71. The molecule has 2 rings (SSSR count). The highest BCUT2D eigenvalue weighted by Gasteiger charge is 2.32. The molecule has 2 aliphatic heterocycles. The van der Waals surface area contributed by atoms with E-state index in [4.69, 9.17) is 4.74 Å². The minimum atomic E-state index is -0.875. The van der Waals surface area contributed by atoms with E-state index in [1.807, 2.05) is 13.8 Å². The molecule has 0 spiro atoms. The van der Waals surface area contributed by atoms with E-state index in [-0.39, 0.29) is 30.3 Å². The monoisotopic (exact) mass is 383 g/mol. The van der Waals surface area contributed by atoms with E-state index in [9.17, 15) is 19.5 Å². The summed E-state index contributed by atoms with van der Waals surface area (Å²) in [6.45, 7) is 6.98. The van der Waals surface area contributed by atoms with Gasteiger partial charge in [-0.3, -0.25) is 9.59 Å². The molecule has 0 aliphatic carbocycles. The third kappa shape index (κ3) is 6.68. The van der Waals surface area contributed by atoms with Crippen LogP contribution in [0.4, 0.5) is 4.79 Å². The molecule has 0 radical (unpaired) electrons. The standard InChI is InChI=1S/C19H33N3O5/c1-13(2)10-21-19(26)22-7-3-4-15(12-22)17(23)20-11-16(18(24)25)14-5-8-27-9-6-14/h13-16H,3-12H2,1-2H3,(H,20,23)(H,21,26)(H,24,25). The van der Waals surface area contributed by atoms with Crippen molar-refractivity contribution >= 4 is 17.9 Å². The van der Waals surface area contributed by atoms with Crippen molar-refractivity contribution in [2.75, 3.05) is 39.4 Å². The van der Waals surface area contributed by atoms with Gasteiger partial charge in [-0.25, -0.2) is 4.79 Å². The molecule has 0 saturated carbocycles. The zero-order valence-corrected chi connectivity index (χ0v) is 16.4. The van der Waals surface area contributed by atoms with Crippen LogP contribution >= 0.6 is 0 Å². The van der Waals surface area contributed by atoms with Crippen molar-refractivity contribution in [1.29, 1.82) is 0 Å². The topological polar surface area (TPSA) is 108 Å². The molecule has 0 aromatic rings. The fraction of sp³-hybridized carbons (Fsp3) is 0.842. The maximum atomic E-state index is 12.6. The molecular formula is C19H33N3O5. The Labute approximate surface area is 161 Å². The maximum Gasteiger partial charge on any atom is 0.317 e. The molecule has 154 valence electrons. The van der Waals surface area contributed by atoms with Gasteiger partial charge in [-0.15, -0.1) is 0 Å². The first-order chi connectivity index (χ1) is 12.9. The van der Waals surface area contributed by atoms with Crippen LogP contribution in [0.15, 0.2) is 0 Å². The van der Waals surface area contributed by atoms with Crippen molar-refractivity contribution in [2.24, 2.45) is 23.7 Å². The first-order valence-corrected chi connectivity index (χ1v) is 9.99. The van der Waals surface area contributed by atoms with Gasteiger partial charge in [-0.1, -0.05) is 13.8 Å². The highest BCUT2D eigenvalue weighted by Crippen LogP contribution is 2.24. The van der Waals surface area contributed by atoms with Gasteiger partial charge in [0.1, 0.15) is 0 Å². The van der Waals surface area contributed by atoms with Gasteiger partial charge < -0.3 is 25.4 Å². The van der Waals surface area contributed by atoms with Crippen LogP contribution in [0, 0.1) is 23.7 Å². The third-order valence-electron chi connectivity index (χ3n) is 5.39. The summed E-state index contributed by atoms with van der Waals surface area (Å²) in [5, 5.41) is 15.2. The number of nitrogens with one attached hydrogen (secondary N) is 2. The number of carboxylic acid groups (broad SMARTS) is 1. The van der Waals surface area contributed by atoms with Crippen molar-refractivity contribution in [3.05, 3.63) is 0 Å². The van der Waals surface area contributed by atoms with Gasteiger partial charge in [0.25, 0.3) is 0 Å². The van der Waals surface area contributed by atoms with Crippen LogP contribution in [0.2, 0.25) is 0 Å². The Kier molecular flexibility index (Phi) is 8.34. The van der Waals surface area contributed by atoms with Gasteiger partial charge in [0.2, 0.25) is 5.91 Å². The van der Waals surface area contributed by atoms with Crippen LogP contribution in [-0.4, -0.2) is 67.3 Å². The number of ether oxygens (including phenoxy) is 1. The number of hydrogen-bond acceptors (Lipinski definition) is 4. The predicted octanol–water partition coefficient (Wildman–Crippen LogP) is 1.31. The molecule has 8 heteroatoms. The first kappa shape index (κ1) is 21.5. The molecule has 0 bridgehead atoms. The molecule has 2 unspecified atom stereocenters. The summed E-state index contributed by atoms with van der Waals surface area (Å²) < 4.78 is 5.30. The average Bonchev–Trinajstić information content (AvgIpc) is 2.66. The minimum Gasteiger partial charge on any atom is -0.481 e. The van der Waals surface area contributed by atoms with Crippen molar-refractivity contribution in [3.8, 4) is 0 Å². The lowest BCUT2D eigenvalue weighted by atomic mass is 9.85. The Morgan fingerprint density at radius 2 is 1.81 bits per heavy atom. The molecule has 2 saturated heterocycles. The Hall–Kier alpha value is -1.83. The van der Waals surface area contributed by atoms with Gasteiger partial charge in [-0.05, 0) is 37.5 Å². The second-order valence-electron chi connectivity index (χ2n) is 8.00. The van der Waals surface area contributed by atoms with Gasteiger partial charge in [0, 0.05) is 39.4 Å². The van der Waals surface area contributed by atoms with E-state index in [0.717, 1.165) is 12.8 Å². The zero-order valence-electron chi connectivity index (χ0n) is 16.4. The molecule has 2 fully saturated rings. The van der Waals surface area contributed by atoms with Crippen LogP contribution in [0.5, 0.6) is 0 Å². The highest BCUT2D eigenvalue weighted by molar-refractivity contribution is 5.81. The van der Waals surface area contributed by atoms with Gasteiger partial charge in [-0.2, -0.15) is 0 Å². The largest absolute Gasteiger partial charge is 0.481 e. The summed E-state index contributed by atoms with van der Waals surface area (Å²) >= 11 is 0. The Bertz CT molecular complexity index is 519. The summed E-state index contributed by atoms with van der Waals surface area (Å²) in [6.07, 6.45) is 2.91. The molecular weight excluding hydrogens is 350 g/mol. The third-order valence-corrected chi connectivity index (χ3v) is 5.39. The number of carboxylic acids is 1. The smallest absolute Gasteiger partial charge is 0.317 e. The number of likely N-dealkylation sites (tertiary alicyclic amines) is 1. The zero-order chi connectivity index (χ0) is 19.8. The normalized spacial score (nSPS) is 22.3. The maximum absolute atomic E-state index is 12.6. The average molecular weight is 383 g/mol. The Morgan fingerprint density at radius 3 is 2.44 bits per heavy atom. The van der Waals surface area contributed by atoms with Crippen molar-refractivity contribution in [1.82, 2.24) is 15.5 Å². The second-order valence-corrected chi connectivity index (χ2v) is 8.00. The summed E-state index contributed by atoms with van der Waals surface area (Å²) in [5.74, 6) is -1.51. The van der Waals surface area contributed by atoms with Crippen LogP contribution in [0.1, 0.15) is 39.5 Å². The van der Waals surface area contributed by atoms with E-state index in [0.29, 0.717) is 51.6 Å². The molecule has 2 heterocycles. The molecule has 0 aromatic heterocycles. The number of urea groups is 1. The summed E-state index contributed by atoms with van der Waals surface area (Å²) in [7, 11) is 0. The van der Waals surface area contributed by atoms with Crippen LogP contribution in [0.25, 0.3) is 0 Å². The number of carbonyl (C=O) groups excluding carboxylic acids is 2. The Balaban J connectivity index is 1.83. The second kappa shape index (κ2) is 10.5. The highest BCUT2D eigenvalue weighted by atomic mass is 16.5. The molecule has 27 heavy (non-hydrogen) atoms. The van der Waals surface area contributed by atoms with Crippen molar-refractivity contribution in [2.45, 2.75) is 39.5 Å². The SMILES string of the molecule is CC(C)CNC(=O)N1CCCC(C(=O)NCC(C(=O)O)C2CCOCC2)C1. The number of carbonyl (C=O) groups is 3. The van der Waals surface area contributed by atoms with E-state index in [1.165, 1.54) is 0 Å². The van der Waals surface area contributed by atoms with Crippen LogP contribution in [-0.2, 0) is 14.3 Å². The predicted molar refractivity (Wildman–Crippen MR) is 100 cm³/mol. The lowest BCUT2D eigenvalue weighted by Gasteiger charge is -2.33. The number of hydrogen-bond donors (Lipinski definition) is 3. The van der Waals surface area contributed by atoms with E-state index >= 15 is 0 Å². The number of amides is 3. The van der Waals surface area contributed by atoms with Crippen molar-refractivity contribution in [3.63, 3.8) is 0 Å². The molecule has 0 aromatic carbocycles. The molecule has 3 N–H and O–H groups in total. The van der Waals surface area contributed by atoms with E-state index in [2.05, 4.69) is 10.6 Å². The Morgan fingerprint density at radius 1 is 1.11 bits per heavy atom. The summed E-state index contributed by atoms with van der Waals surface area (Å²) in [6, 6.07) is -0.133. The van der Waals surface area contributed by atoms with Gasteiger partial charge >= 0.3 is 12.0 Å². The molecule has 2 aliphatic rings. The minimum absolute atomic E-state index is 0.0289. The number of nitrogens with zero attached hydrogens (tertiary/aromatic N) is 1. The lowest BCUT2D eigenvalue weighted by molar-refractivity contribution is -0.145.